The molecule has 1 nitrogen and oxygen atoms in total. The van der Waals surface area contributed by atoms with E-state index in [2.05, 4.69) is 13.8 Å². The summed E-state index contributed by atoms with van der Waals surface area (Å²) in [6.45, 7) is 5.21. The summed E-state index contributed by atoms with van der Waals surface area (Å²) >= 11 is 0. The SMILES string of the molecule is CCCCCCC1CCC(C2CCC(C3CCC(CCCCO)CC3)C(CC)C2)CC1. The van der Waals surface area contributed by atoms with Crippen molar-refractivity contribution in [1.29, 1.82) is 0 Å². The Hall–Kier alpha value is -0.0400. The standard InChI is InChI=1S/C30H56O/c1-3-5-6-7-10-24-12-16-27(17-13-24)29-20-21-30(26(4-2)23-29)28-18-14-25(15-19-28)11-8-9-22-31/h24-31H,3-23H2,1-2H3. The molecule has 3 aliphatic carbocycles. The van der Waals surface area contributed by atoms with Crippen molar-refractivity contribution in [3.05, 3.63) is 0 Å². The smallest absolute Gasteiger partial charge is 0.0431 e. The zero-order valence-electron chi connectivity index (χ0n) is 21.3. The molecule has 1 heteroatoms. The van der Waals surface area contributed by atoms with Crippen LogP contribution in [0.5, 0.6) is 0 Å². The minimum atomic E-state index is 0.386. The number of hydrogen-bond acceptors (Lipinski definition) is 1. The van der Waals surface area contributed by atoms with E-state index < -0.39 is 0 Å². The van der Waals surface area contributed by atoms with E-state index in [1.807, 2.05) is 0 Å². The van der Waals surface area contributed by atoms with Gasteiger partial charge in [-0.25, -0.2) is 0 Å². The normalized spacial score (nSPS) is 37.1. The Bertz CT molecular complexity index is 443. The van der Waals surface area contributed by atoms with E-state index in [4.69, 9.17) is 5.11 Å². The highest BCUT2D eigenvalue weighted by Crippen LogP contribution is 2.49. The summed E-state index contributed by atoms with van der Waals surface area (Å²) in [6.07, 6.45) is 29.3. The summed E-state index contributed by atoms with van der Waals surface area (Å²) in [5.41, 5.74) is 0. The van der Waals surface area contributed by atoms with Crippen LogP contribution in [-0.4, -0.2) is 11.7 Å². The van der Waals surface area contributed by atoms with Gasteiger partial charge in [-0.1, -0.05) is 90.9 Å². The molecule has 182 valence electrons. The van der Waals surface area contributed by atoms with Crippen molar-refractivity contribution in [2.24, 2.45) is 41.4 Å². The molecule has 3 fully saturated rings. The molecule has 3 unspecified atom stereocenters. The van der Waals surface area contributed by atoms with Crippen molar-refractivity contribution in [1.82, 2.24) is 0 Å². The lowest BCUT2D eigenvalue weighted by Gasteiger charge is -2.45. The maximum Gasteiger partial charge on any atom is 0.0431 e. The third kappa shape index (κ3) is 8.04. The molecule has 1 N–H and O–H groups in total. The van der Waals surface area contributed by atoms with Crippen LogP contribution < -0.4 is 0 Å². The van der Waals surface area contributed by atoms with E-state index in [1.54, 1.807) is 44.9 Å². The van der Waals surface area contributed by atoms with Crippen LogP contribution >= 0.6 is 0 Å². The Morgan fingerprint density at radius 3 is 1.74 bits per heavy atom. The van der Waals surface area contributed by atoms with Crippen LogP contribution in [0.25, 0.3) is 0 Å². The second-order valence-corrected chi connectivity index (χ2v) is 12.0. The molecule has 3 atom stereocenters. The molecule has 0 bridgehead atoms. The summed E-state index contributed by atoms with van der Waals surface area (Å²) in [7, 11) is 0. The molecular weight excluding hydrogens is 376 g/mol. The van der Waals surface area contributed by atoms with Crippen LogP contribution in [0.2, 0.25) is 0 Å². The first-order valence-corrected chi connectivity index (χ1v) is 14.9. The van der Waals surface area contributed by atoms with Gasteiger partial charge in [-0.3, -0.25) is 0 Å². The predicted molar refractivity (Wildman–Crippen MR) is 135 cm³/mol. The van der Waals surface area contributed by atoms with E-state index in [0.29, 0.717) is 6.61 Å². The second-order valence-electron chi connectivity index (χ2n) is 12.0. The van der Waals surface area contributed by atoms with Crippen molar-refractivity contribution in [2.75, 3.05) is 6.61 Å². The predicted octanol–water partition coefficient (Wildman–Crippen LogP) is 9.17. The van der Waals surface area contributed by atoms with Crippen LogP contribution in [0.4, 0.5) is 0 Å². The van der Waals surface area contributed by atoms with Crippen molar-refractivity contribution in [3.8, 4) is 0 Å². The molecule has 0 spiro atoms. The van der Waals surface area contributed by atoms with E-state index in [0.717, 1.165) is 47.8 Å². The largest absolute Gasteiger partial charge is 0.396 e. The third-order valence-corrected chi connectivity index (χ3v) is 10.1. The Balaban J connectivity index is 1.37. The first-order valence-electron chi connectivity index (χ1n) is 14.9. The van der Waals surface area contributed by atoms with Gasteiger partial charge in [0, 0.05) is 6.61 Å². The van der Waals surface area contributed by atoms with Gasteiger partial charge < -0.3 is 5.11 Å². The molecule has 3 saturated carbocycles. The second kappa shape index (κ2) is 14.3. The average Bonchev–Trinajstić information content (AvgIpc) is 2.82. The fraction of sp³-hybridized carbons (Fsp3) is 1.00. The van der Waals surface area contributed by atoms with Crippen LogP contribution in [0, 0.1) is 41.4 Å². The average molecular weight is 433 g/mol. The summed E-state index contributed by atoms with van der Waals surface area (Å²) in [5, 5.41) is 9.05. The molecule has 0 aromatic carbocycles. The zero-order valence-corrected chi connectivity index (χ0v) is 21.3. The van der Waals surface area contributed by atoms with Gasteiger partial charge in [-0.2, -0.15) is 0 Å². The van der Waals surface area contributed by atoms with Crippen molar-refractivity contribution in [2.45, 2.75) is 142 Å². The Kier molecular flexibility index (Phi) is 11.8. The number of rotatable bonds is 12. The van der Waals surface area contributed by atoms with Gasteiger partial charge in [0.05, 0.1) is 0 Å². The number of hydrogen-bond donors (Lipinski definition) is 1. The highest BCUT2D eigenvalue weighted by Gasteiger charge is 2.39. The van der Waals surface area contributed by atoms with E-state index in [1.165, 1.54) is 77.0 Å². The van der Waals surface area contributed by atoms with Crippen molar-refractivity contribution in [3.63, 3.8) is 0 Å². The lowest BCUT2D eigenvalue weighted by Crippen LogP contribution is -2.35. The molecule has 0 amide bonds. The molecule has 0 aliphatic heterocycles. The highest BCUT2D eigenvalue weighted by molar-refractivity contribution is 4.89. The molecule has 0 saturated heterocycles. The minimum absolute atomic E-state index is 0.386. The van der Waals surface area contributed by atoms with E-state index in [-0.39, 0.29) is 0 Å². The van der Waals surface area contributed by atoms with E-state index in [9.17, 15) is 0 Å². The quantitative estimate of drug-likeness (QED) is 0.305. The van der Waals surface area contributed by atoms with Gasteiger partial charge in [0.25, 0.3) is 0 Å². The van der Waals surface area contributed by atoms with Crippen molar-refractivity contribution < 1.29 is 5.11 Å². The van der Waals surface area contributed by atoms with Gasteiger partial charge in [0.1, 0.15) is 0 Å². The summed E-state index contributed by atoms with van der Waals surface area (Å²) in [5.74, 6) is 7.30. The molecule has 0 aromatic heterocycles. The number of unbranched alkanes of at least 4 members (excludes halogenated alkanes) is 4. The Morgan fingerprint density at radius 2 is 1.16 bits per heavy atom. The fourth-order valence-corrected chi connectivity index (χ4v) is 8.10. The van der Waals surface area contributed by atoms with Crippen LogP contribution in [0.15, 0.2) is 0 Å². The van der Waals surface area contributed by atoms with Crippen LogP contribution in [0.3, 0.4) is 0 Å². The molecule has 0 aromatic rings. The fourth-order valence-electron chi connectivity index (χ4n) is 8.10. The van der Waals surface area contributed by atoms with Gasteiger partial charge >= 0.3 is 0 Å². The first-order chi connectivity index (χ1) is 15.2. The maximum atomic E-state index is 9.05. The van der Waals surface area contributed by atoms with Gasteiger partial charge in [0.15, 0.2) is 0 Å². The van der Waals surface area contributed by atoms with Gasteiger partial charge in [0.2, 0.25) is 0 Å². The summed E-state index contributed by atoms with van der Waals surface area (Å²) in [4.78, 5) is 0. The van der Waals surface area contributed by atoms with Gasteiger partial charge in [-0.05, 0) is 92.8 Å². The van der Waals surface area contributed by atoms with Crippen LogP contribution in [0.1, 0.15) is 142 Å². The Morgan fingerprint density at radius 1 is 0.581 bits per heavy atom. The summed E-state index contributed by atoms with van der Waals surface area (Å²) < 4.78 is 0. The molecular formula is C30H56O. The first kappa shape index (κ1) is 25.6. The zero-order chi connectivity index (χ0) is 21.9. The monoisotopic (exact) mass is 432 g/mol. The molecule has 3 rings (SSSR count). The highest BCUT2D eigenvalue weighted by atomic mass is 16.2. The molecule has 31 heavy (non-hydrogen) atoms. The lowest BCUT2D eigenvalue weighted by molar-refractivity contribution is 0.0521. The number of aliphatic hydroxyl groups is 1. The third-order valence-electron chi connectivity index (χ3n) is 10.1. The summed E-state index contributed by atoms with van der Waals surface area (Å²) in [6, 6.07) is 0. The molecule has 0 heterocycles. The van der Waals surface area contributed by atoms with Crippen LogP contribution in [-0.2, 0) is 0 Å². The van der Waals surface area contributed by atoms with Gasteiger partial charge in [-0.15, -0.1) is 0 Å². The topological polar surface area (TPSA) is 20.2 Å². The lowest BCUT2D eigenvalue weighted by atomic mass is 9.60. The minimum Gasteiger partial charge on any atom is -0.396 e. The maximum absolute atomic E-state index is 9.05. The van der Waals surface area contributed by atoms with E-state index >= 15 is 0 Å². The molecule has 3 aliphatic rings. The molecule has 0 radical (unpaired) electrons. The Labute approximate surface area is 195 Å². The number of aliphatic hydroxyl groups excluding tert-OH is 1. The van der Waals surface area contributed by atoms with Crippen molar-refractivity contribution >= 4 is 0 Å².